The van der Waals surface area contributed by atoms with Gasteiger partial charge in [0.05, 0.1) is 11.2 Å². The number of pyridine rings is 1. The quantitative estimate of drug-likeness (QED) is 0.290. The van der Waals surface area contributed by atoms with Crippen molar-refractivity contribution in [2.75, 3.05) is 46.0 Å². The fourth-order valence-electron chi connectivity index (χ4n) is 6.09. The molecule has 0 radical (unpaired) electrons. The van der Waals surface area contributed by atoms with Crippen molar-refractivity contribution in [3.8, 4) is 22.5 Å². The summed E-state index contributed by atoms with van der Waals surface area (Å²) in [6.07, 6.45) is 6.04. The second kappa shape index (κ2) is 10.5. The van der Waals surface area contributed by atoms with E-state index in [1.165, 1.54) is 0 Å². The van der Waals surface area contributed by atoms with Crippen LogP contribution in [0.25, 0.3) is 38.9 Å². The lowest BCUT2D eigenvalue weighted by atomic mass is 9.78. The molecule has 0 atom stereocenters. The lowest BCUT2D eigenvalue weighted by Crippen LogP contribution is -2.52. The molecule has 1 aliphatic carbocycles. The second-order valence-electron chi connectivity index (χ2n) is 11.0. The molecule has 3 aromatic heterocycles. The predicted octanol–water partition coefficient (Wildman–Crippen LogP) is 5.18. The van der Waals surface area contributed by atoms with Crippen LogP contribution in [0.2, 0.25) is 0 Å². The zero-order chi connectivity index (χ0) is 27.2. The van der Waals surface area contributed by atoms with E-state index in [0.29, 0.717) is 17.8 Å². The topological polar surface area (TPSA) is 78.8 Å². The van der Waals surface area contributed by atoms with E-state index in [1.807, 2.05) is 36.5 Å². The maximum Gasteiger partial charge on any atom is 0.150 e. The molecule has 4 heterocycles. The van der Waals surface area contributed by atoms with Gasteiger partial charge in [0.1, 0.15) is 22.9 Å². The highest BCUT2D eigenvalue weighted by Crippen LogP contribution is 2.42. The van der Waals surface area contributed by atoms with Gasteiger partial charge in [-0.15, -0.1) is 0 Å². The Balaban J connectivity index is 1.16. The van der Waals surface area contributed by atoms with Gasteiger partial charge in [0.2, 0.25) is 0 Å². The third-order valence-electron chi connectivity index (χ3n) is 8.19. The minimum absolute atomic E-state index is 0.408. The average Bonchev–Trinajstić information content (AvgIpc) is 3.33. The van der Waals surface area contributed by atoms with E-state index in [4.69, 9.17) is 15.7 Å². The minimum atomic E-state index is 0.408. The van der Waals surface area contributed by atoms with Crippen LogP contribution in [0.4, 0.5) is 5.82 Å². The van der Waals surface area contributed by atoms with Gasteiger partial charge >= 0.3 is 0 Å². The maximum absolute atomic E-state index is 6.47. The Bertz CT molecular complexity index is 1650. The second-order valence-corrected chi connectivity index (χ2v) is 12.4. The van der Waals surface area contributed by atoms with Crippen molar-refractivity contribution in [1.29, 1.82) is 0 Å². The third-order valence-corrected chi connectivity index (χ3v) is 9.11. The number of benzene rings is 2. The van der Waals surface area contributed by atoms with Gasteiger partial charge in [0.15, 0.2) is 0 Å². The molecule has 2 N–H and O–H groups in total. The summed E-state index contributed by atoms with van der Waals surface area (Å²) in [6.45, 7) is 4.45. The Morgan fingerprint density at radius 1 is 0.900 bits per heavy atom. The van der Waals surface area contributed by atoms with Crippen LogP contribution in [0.3, 0.4) is 0 Å². The van der Waals surface area contributed by atoms with Crippen LogP contribution >= 0.6 is 12.1 Å². The van der Waals surface area contributed by atoms with E-state index < -0.39 is 0 Å². The molecule has 9 heteroatoms. The number of hydrogen-bond acceptors (Lipinski definition) is 8. The van der Waals surface area contributed by atoms with Crippen LogP contribution in [-0.4, -0.2) is 79.2 Å². The first-order valence-corrected chi connectivity index (χ1v) is 14.7. The molecule has 2 aromatic carbocycles. The third kappa shape index (κ3) is 4.73. The molecule has 7 rings (SSSR count). The molecule has 2 fully saturated rings. The van der Waals surface area contributed by atoms with E-state index in [9.17, 15) is 0 Å². The Kier molecular flexibility index (Phi) is 6.67. The van der Waals surface area contributed by atoms with E-state index in [1.54, 1.807) is 6.20 Å². The van der Waals surface area contributed by atoms with Gasteiger partial charge in [-0.25, -0.2) is 23.6 Å². The molecule has 5 aromatic rings. The number of hydrogen-bond donors (Lipinski definition) is 1. The lowest BCUT2D eigenvalue weighted by Gasteiger charge is -2.46. The normalized spacial score (nSPS) is 20.4. The van der Waals surface area contributed by atoms with Crippen molar-refractivity contribution >= 4 is 34.4 Å². The van der Waals surface area contributed by atoms with Gasteiger partial charge in [-0.05, 0) is 39.1 Å². The van der Waals surface area contributed by atoms with Crippen molar-refractivity contribution < 1.29 is 0 Å². The number of rotatable bonds is 6. The summed E-state index contributed by atoms with van der Waals surface area (Å²) in [7, 11) is 4.21. The van der Waals surface area contributed by atoms with Crippen LogP contribution in [-0.2, 0) is 0 Å². The molecule has 2 aliphatic rings. The highest BCUT2D eigenvalue weighted by atomic mass is 32.2. The molecule has 1 aliphatic heterocycles. The predicted molar refractivity (Wildman–Crippen MR) is 164 cm³/mol. The summed E-state index contributed by atoms with van der Waals surface area (Å²) in [6, 6.07) is 21.5. The van der Waals surface area contributed by atoms with Crippen LogP contribution in [0.1, 0.15) is 24.6 Å². The number of anilines is 1. The zero-order valence-electron chi connectivity index (χ0n) is 22.9. The van der Waals surface area contributed by atoms with Gasteiger partial charge < -0.3 is 5.73 Å². The van der Waals surface area contributed by atoms with Crippen molar-refractivity contribution in [3.63, 3.8) is 0 Å². The van der Waals surface area contributed by atoms with Crippen LogP contribution in [0.5, 0.6) is 0 Å². The van der Waals surface area contributed by atoms with Gasteiger partial charge in [0.25, 0.3) is 0 Å². The Morgan fingerprint density at radius 3 is 2.45 bits per heavy atom. The number of aromatic nitrogens is 4. The highest BCUT2D eigenvalue weighted by Gasteiger charge is 2.38. The average molecular weight is 551 g/mol. The molecule has 8 nitrogen and oxygen atoms in total. The van der Waals surface area contributed by atoms with Gasteiger partial charge in [0, 0.05) is 79.2 Å². The maximum atomic E-state index is 6.47. The fraction of sp³-hybridized carbons (Fsp3) is 0.323. The largest absolute Gasteiger partial charge is 0.382 e. The van der Waals surface area contributed by atoms with Crippen molar-refractivity contribution in [2.24, 2.45) is 0 Å². The molecule has 0 amide bonds. The molecule has 0 spiro atoms. The highest BCUT2D eigenvalue weighted by molar-refractivity contribution is 7.94. The summed E-state index contributed by atoms with van der Waals surface area (Å²) in [4.78, 5) is 17.3. The van der Waals surface area contributed by atoms with Crippen LogP contribution < -0.4 is 5.73 Å². The number of fused-ring (bicyclic) bond motifs is 2. The van der Waals surface area contributed by atoms with Crippen LogP contribution in [0, 0.1) is 0 Å². The van der Waals surface area contributed by atoms with Crippen molar-refractivity contribution in [3.05, 3.63) is 78.9 Å². The molecular formula is C31H34N8S. The minimum Gasteiger partial charge on any atom is -0.382 e. The number of imidazole rings is 1. The first kappa shape index (κ1) is 25.5. The van der Waals surface area contributed by atoms with Gasteiger partial charge in [-0.2, -0.15) is 0 Å². The Labute approximate surface area is 239 Å². The summed E-state index contributed by atoms with van der Waals surface area (Å²) in [5, 5.41) is 1.10. The van der Waals surface area contributed by atoms with E-state index >= 15 is 0 Å². The SMILES string of the molecule is CN(C)SN1CCN(C2CC(c3nc(-c4ccc5ccc(-c6ccccc6)nc5c4)c4c(N)nccn34)C2)CC1. The number of piperazine rings is 1. The Hall–Kier alpha value is -3.50. The summed E-state index contributed by atoms with van der Waals surface area (Å²) in [5.74, 6) is 2.00. The van der Waals surface area contributed by atoms with Crippen molar-refractivity contribution in [1.82, 2.24) is 32.9 Å². The Morgan fingerprint density at radius 2 is 1.68 bits per heavy atom. The molecule has 0 unspecified atom stereocenters. The van der Waals surface area contributed by atoms with E-state index in [-0.39, 0.29) is 0 Å². The van der Waals surface area contributed by atoms with Gasteiger partial charge in [-0.1, -0.05) is 48.5 Å². The molecule has 40 heavy (non-hydrogen) atoms. The standard InChI is InChI=1S/C31H34N8S/c1-36(2)40-38-16-14-37(15-17-38)25-18-24(19-25)31-35-28(29-30(32)33-12-13-39(29)31)23-9-8-22-10-11-26(34-27(22)20-23)21-6-4-3-5-7-21/h3-13,20,24-25H,14-19H2,1-2H3,(H2,32,33). The fourth-order valence-corrected chi connectivity index (χ4v) is 6.88. The van der Waals surface area contributed by atoms with Gasteiger partial charge in [-0.3, -0.25) is 9.30 Å². The first-order valence-electron chi connectivity index (χ1n) is 14.0. The molecule has 1 saturated heterocycles. The van der Waals surface area contributed by atoms with Crippen molar-refractivity contribution in [2.45, 2.75) is 24.8 Å². The lowest BCUT2D eigenvalue weighted by molar-refractivity contribution is 0.0749. The summed E-state index contributed by atoms with van der Waals surface area (Å²) in [5.41, 5.74) is 12.3. The number of nitrogens with two attached hydrogens (primary N) is 1. The molecule has 0 bridgehead atoms. The smallest absolute Gasteiger partial charge is 0.150 e. The first-order chi connectivity index (χ1) is 19.5. The molecule has 204 valence electrons. The molecular weight excluding hydrogens is 516 g/mol. The van der Waals surface area contributed by atoms with Crippen LogP contribution in [0.15, 0.2) is 73.1 Å². The summed E-state index contributed by atoms with van der Waals surface area (Å²) < 4.78 is 6.80. The van der Waals surface area contributed by atoms with E-state index in [0.717, 1.165) is 83.8 Å². The number of nitrogen functional groups attached to an aromatic ring is 1. The summed E-state index contributed by atoms with van der Waals surface area (Å²) >= 11 is 1.82. The zero-order valence-corrected chi connectivity index (χ0v) is 23.8. The molecule has 1 saturated carbocycles. The number of nitrogens with zero attached hydrogens (tertiary/aromatic N) is 7. The van der Waals surface area contributed by atoms with E-state index in [2.05, 4.69) is 79.5 Å². The monoisotopic (exact) mass is 550 g/mol.